The van der Waals surface area contributed by atoms with Crippen molar-refractivity contribution in [2.75, 3.05) is 19.6 Å². The molecule has 0 unspecified atom stereocenters. The largest absolute Gasteiger partial charge is 0.327 e. The normalized spacial score (nSPS) is 33.1. The Morgan fingerprint density at radius 2 is 2.42 bits per heavy atom. The fraction of sp³-hybridized carbons (Fsp3) is 0.667. The summed E-state index contributed by atoms with van der Waals surface area (Å²) in [7, 11) is 0. The van der Waals surface area contributed by atoms with Gasteiger partial charge in [-0.15, -0.1) is 6.42 Å². The third kappa shape index (κ3) is 0.997. The lowest BCUT2D eigenvalue weighted by atomic mass is 10.1. The molecule has 2 fully saturated rings. The molecule has 1 amide bonds. The van der Waals surface area contributed by atoms with Crippen LogP contribution in [-0.4, -0.2) is 36.5 Å². The monoisotopic (exact) mass is 164 g/mol. The van der Waals surface area contributed by atoms with Crippen molar-refractivity contribution in [3.8, 4) is 12.3 Å². The first-order chi connectivity index (χ1) is 5.83. The third-order valence-electron chi connectivity index (χ3n) is 2.83. The first kappa shape index (κ1) is 7.63. The predicted octanol–water partition coefficient (Wildman–Crippen LogP) is -0.560. The van der Waals surface area contributed by atoms with Crippen molar-refractivity contribution in [1.82, 2.24) is 10.2 Å². The zero-order chi connectivity index (χ0) is 8.55. The minimum Gasteiger partial charge on any atom is -0.327 e. The Morgan fingerprint density at radius 3 is 3.17 bits per heavy atom. The number of nitrogens with one attached hydrogen (secondary N) is 1. The second-order valence-corrected chi connectivity index (χ2v) is 3.42. The van der Waals surface area contributed by atoms with E-state index in [1.54, 1.807) is 0 Å². The minimum absolute atomic E-state index is 0.147. The van der Waals surface area contributed by atoms with E-state index in [9.17, 15) is 4.79 Å². The van der Waals surface area contributed by atoms with Gasteiger partial charge in [-0.1, -0.05) is 0 Å². The van der Waals surface area contributed by atoms with Crippen LogP contribution in [0.5, 0.6) is 0 Å². The standard InChI is InChI=1S/C9H12N2O/c1-2-9(12)11-4-3-7-5-10-6-8(7)11/h1,7-8,10H,3-6H2/t7-,8+/m0/s1. The molecular weight excluding hydrogens is 152 g/mol. The van der Waals surface area contributed by atoms with Crippen LogP contribution in [0.2, 0.25) is 0 Å². The maximum atomic E-state index is 11.2. The summed E-state index contributed by atoms with van der Waals surface area (Å²) in [5, 5.41) is 3.27. The molecule has 0 aromatic carbocycles. The summed E-state index contributed by atoms with van der Waals surface area (Å²) in [5.74, 6) is 2.67. The lowest BCUT2D eigenvalue weighted by Crippen LogP contribution is -2.38. The van der Waals surface area contributed by atoms with Gasteiger partial charge >= 0.3 is 0 Å². The smallest absolute Gasteiger partial charge is 0.298 e. The quantitative estimate of drug-likeness (QED) is 0.487. The zero-order valence-electron chi connectivity index (χ0n) is 6.92. The molecule has 0 spiro atoms. The number of carbonyl (C=O) groups excluding carboxylic acids is 1. The van der Waals surface area contributed by atoms with E-state index in [-0.39, 0.29) is 5.91 Å². The van der Waals surface area contributed by atoms with E-state index in [1.165, 1.54) is 0 Å². The van der Waals surface area contributed by atoms with Crippen molar-refractivity contribution in [3.63, 3.8) is 0 Å². The van der Waals surface area contributed by atoms with Gasteiger partial charge in [0, 0.05) is 25.7 Å². The number of carbonyl (C=O) groups is 1. The molecule has 2 rings (SSSR count). The summed E-state index contributed by atoms with van der Waals surface area (Å²) in [6, 6.07) is 0.369. The Morgan fingerprint density at radius 1 is 1.58 bits per heavy atom. The first-order valence-corrected chi connectivity index (χ1v) is 4.31. The number of nitrogens with zero attached hydrogens (tertiary/aromatic N) is 1. The number of terminal acetylenes is 1. The summed E-state index contributed by atoms with van der Waals surface area (Å²) in [5.41, 5.74) is 0. The highest BCUT2D eigenvalue weighted by Crippen LogP contribution is 2.26. The van der Waals surface area contributed by atoms with Gasteiger partial charge in [0.25, 0.3) is 5.91 Å². The van der Waals surface area contributed by atoms with Crippen LogP contribution in [-0.2, 0) is 4.79 Å². The number of fused-ring (bicyclic) bond motifs is 1. The average molecular weight is 164 g/mol. The van der Waals surface area contributed by atoms with Crippen LogP contribution in [0.25, 0.3) is 0 Å². The Hall–Kier alpha value is -1.01. The molecule has 0 aromatic heterocycles. The fourth-order valence-electron chi connectivity index (χ4n) is 2.18. The van der Waals surface area contributed by atoms with E-state index in [1.807, 2.05) is 4.90 Å². The van der Waals surface area contributed by atoms with E-state index in [0.29, 0.717) is 12.0 Å². The van der Waals surface area contributed by atoms with E-state index in [4.69, 9.17) is 6.42 Å². The fourth-order valence-corrected chi connectivity index (χ4v) is 2.18. The van der Waals surface area contributed by atoms with Crippen LogP contribution in [0.4, 0.5) is 0 Å². The molecule has 64 valence electrons. The SMILES string of the molecule is C#CC(=O)N1CC[C@H]2CNC[C@H]21. The molecule has 2 aliphatic rings. The first-order valence-electron chi connectivity index (χ1n) is 4.31. The number of likely N-dealkylation sites (tertiary alicyclic amines) is 1. The van der Waals surface area contributed by atoms with Crippen molar-refractivity contribution in [1.29, 1.82) is 0 Å². The summed E-state index contributed by atoms with van der Waals surface area (Å²) in [6.07, 6.45) is 6.18. The molecule has 3 nitrogen and oxygen atoms in total. The van der Waals surface area contributed by atoms with Gasteiger partial charge in [-0.3, -0.25) is 4.79 Å². The van der Waals surface area contributed by atoms with Crippen LogP contribution >= 0.6 is 0 Å². The second-order valence-electron chi connectivity index (χ2n) is 3.42. The number of hydrogen-bond acceptors (Lipinski definition) is 2. The number of rotatable bonds is 0. The maximum Gasteiger partial charge on any atom is 0.298 e. The Bertz CT molecular complexity index is 243. The van der Waals surface area contributed by atoms with Crippen molar-refractivity contribution in [2.45, 2.75) is 12.5 Å². The van der Waals surface area contributed by atoms with Crippen LogP contribution < -0.4 is 5.32 Å². The molecule has 2 aliphatic heterocycles. The lowest BCUT2D eigenvalue weighted by Gasteiger charge is -2.20. The van der Waals surface area contributed by atoms with Crippen molar-refractivity contribution in [2.24, 2.45) is 5.92 Å². The predicted molar refractivity (Wildman–Crippen MR) is 45.3 cm³/mol. The van der Waals surface area contributed by atoms with Crippen molar-refractivity contribution < 1.29 is 4.79 Å². The molecule has 1 N–H and O–H groups in total. The van der Waals surface area contributed by atoms with Gasteiger partial charge in [0.2, 0.25) is 0 Å². The van der Waals surface area contributed by atoms with Crippen LogP contribution in [0.1, 0.15) is 6.42 Å². The number of hydrogen-bond donors (Lipinski definition) is 1. The molecule has 3 heteroatoms. The lowest BCUT2D eigenvalue weighted by molar-refractivity contribution is -0.125. The van der Waals surface area contributed by atoms with Gasteiger partial charge < -0.3 is 10.2 Å². The Kier molecular flexibility index (Phi) is 1.78. The van der Waals surface area contributed by atoms with Gasteiger partial charge in [0.15, 0.2) is 0 Å². The summed E-state index contributed by atoms with van der Waals surface area (Å²) >= 11 is 0. The molecular formula is C9H12N2O. The minimum atomic E-state index is -0.147. The van der Waals surface area contributed by atoms with Gasteiger partial charge in [-0.05, 0) is 18.3 Å². The zero-order valence-corrected chi connectivity index (χ0v) is 6.92. The maximum absolute atomic E-state index is 11.2. The highest BCUT2D eigenvalue weighted by Gasteiger charge is 2.39. The molecule has 2 saturated heterocycles. The molecule has 0 saturated carbocycles. The molecule has 0 aromatic rings. The average Bonchev–Trinajstić information content (AvgIpc) is 2.62. The van der Waals surface area contributed by atoms with E-state index < -0.39 is 0 Å². The molecule has 0 radical (unpaired) electrons. The third-order valence-corrected chi connectivity index (χ3v) is 2.83. The number of amides is 1. The van der Waals surface area contributed by atoms with E-state index >= 15 is 0 Å². The van der Waals surface area contributed by atoms with Gasteiger partial charge in [0.05, 0.1) is 0 Å². The van der Waals surface area contributed by atoms with Crippen LogP contribution in [0, 0.1) is 18.3 Å². The highest BCUT2D eigenvalue weighted by molar-refractivity contribution is 5.93. The molecule has 0 aliphatic carbocycles. The molecule has 12 heavy (non-hydrogen) atoms. The van der Waals surface area contributed by atoms with Gasteiger partial charge in [-0.25, -0.2) is 0 Å². The summed E-state index contributed by atoms with van der Waals surface area (Å²) < 4.78 is 0. The molecule has 0 bridgehead atoms. The van der Waals surface area contributed by atoms with Crippen LogP contribution in [0.3, 0.4) is 0 Å². The van der Waals surface area contributed by atoms with Crippen LogP contribution in [0.15, 0.2) is 0 Å². The summed E-state index contributed by atoms with van der Waals surface area (Å²) in [6.45, 7) is 2.80. The molecule has 2 atom stereocenters. The molecule has 2 heterocycles. The van der Waals surface area contributed by atoms with Gasteiger partial charge in [0.1, 0.15) is 0 Å². The van der Waals surface area contributed by atoms with Crippen molar-refractivity contribution in [3.05, 3.63) is 0 Å². The van der Waals surface area contributed by atoms with Gasteiger partial charge in [-0.2, -0.15) is 0 Å². The Balaban J connectivity index is 2.10. The van der Waals surface area contributed by atoms with Crippen molar-refractivity contribution >= 4 is 5.91 Å². The Labute approximate surface area is 72.1 Å². The van der Waals surface area contributed by atoms with E-state index in [2.05, 4.69) is 11.2 Å². The topological polar surface area (TPSA) is 32.3 Å². The van der Waals surface area contributed by atoms with E-state index in [0.717, 1.165) is 26.1 Å². The summed E-state index contributed by atoms with van der Waals surface area (Å²) in [4.78, 5) is 13.0. The highest BCUT2D eigenvalue weighted by atomic mass is 16.2. The second kappa shape index (κ2) is 2.80.